The Labute approximate surface area is 178 Å². The molecule has 1 N–H and O–H groups in total. The fourth-order valence-electron chi connectivity index (χ4n) is 3.28. The van der Waals surface area contributed by atoms with Crippen molar-refractivity contribution >= 4 is 34.1 Å². The second kappa shape index (κ2) is 9.45. The molecule has 1 aromatic carbocycles. The first-order valence-electron chi connectivity index (χ1n) is 9.79. The number of hydrogen-bond acceptors (Lipinski definition) is 7. The molecule has 8 nitrogen and oxygen atoms in total. The third-order valence-corrected chi connectivity index (χ3v) is 5.56. The van der Waals surface area contributed by atoms with Crippen LogP contribution in [-0.2, 0) is 9.59 Å². The van der Waals surface area contributed by atoms with Crippen molar-refractivity contribution in [1.29, 1.82) is 0 Å². The highest BCUT2D eigenvalue weighted by Gasteiger charge is 2.22. The zero-order chi connectivity index (χ0) is 20.8. The van der Waals surface area contributed by atoms with Gasteiger partial charge >= 0.3 is 0 Å². The van der Waals surface area contributed by atoms with Crippen LogP contribution in [0.15, 0.2) is 54.2 Å². The normalized spacial score (nSPS) is 13.9. The SMILES string of the molecule is O=C(CCC(=O)N1CCN(c2ccnc(-c3ccccc3)n2)CC1)Nc1nccs1. The fourth-order valence-corrected chi connectivity index (χ4v) is 3.83. The van der Waals surface area contributed by atoms with Crippen LogP contribution in [0, 0.1) is 0 Å². The highest BCUT2D eigenvalue weighted by atomic mass is 32.1. The van der Waals surface area contributed by atoms with Gasteiger partial charge in [-0.15, -0.1) is 11.3 Å². The minimum atomic E-state index is -0.189. The lowest BCUT2D eigenvalue weighted by Crippen LogP contribution is -2.49. The third kappa shape index (κ3) is 4.98. The quantitative estimate of drug-likeness (QED) is 0.657. The molecule has 3 heterocycles. The van der Waals surface area contributed by atoms with Gasteiger partial charge in [-0.3, -0.25) is 9.59 Å². The molecule has 1 saturated heterocycles. The summed E-state index contributed by atoms with van der Waals surface area (Å²) in [4.78, 5) is 41.5. The Morgan fingerprint density at radius 2 is 1.77 bits per heavy atom. The van der Waals surface area contributed by atoms with E-state index in [1.54, 1.807) is 17.8 Å². The molecule has 0 saturated carbocycles. The highest BCUT2D eigenvalue weighted by Crippen LogP contribution is 2.19. The Hall–Kier alpha value is -3.33. The van der Waals surface area contributed by atoms with Crippen LogP contribution in [-0.4, -0.2) is 57.8 Å². The molecule has 2 amide bonds. The summed E-state index contributed by atoms with van der Waals surface area (Å²) in [7, 11) is 0. The number of carbonyl (C=O) groups excluding carboxylic acids is 2. The molecule has 30 heavy (non-hydrogen) atoms. The molecule has 2 aromatic heterocycles. The van der Waals surface area contributed by atoms with Crippen molar-refractivity contribution in [2.75, 3.05) is 36.4 Å². The number of nitrogens with one attached hydrogen (secondary N) is 1. The zero-order valence-corrected chi connectivity index (χ0v) is 17.2. The molecular weight excluding hydrogens is 400 g/mol. The molecule has 4 rings (SSSR count). The fraction of sp³-hybridized carbons (Fsp3) is 0.286. The van der Waals surface area contributed by atoms with Crippen LogP contribution in [0.3, 0.4) is 0 Å². The summed E-state index contributed by atoms with van der Waals surface area (Å²) < 4.78 is 0. The molecule has 0 unspecified atom stereocenters. The number of amides is 2. The maximum Gasteiger partial charge on any atom is 0.226 e. The topological polar surface area (TPSA) is 91.3 Å². The lowest BCUT2D eigenvalue weighted by molar-refractivity contribution is -0.133. The van der Waals surface area contributed by atoms with Crippen molar-refractivity contribution in [2.24, 2.45) is 0 Å². The summed E-state index contributed by atoms with van der Waals surface area (Å²) in [5.41, 5.74) is 0.976. The van der Waals surface area contributed by atoms with Crippen LogP contribution in [0.25, 0.3) is 11.4 Å². The van der Waals surface area contributed by atoms with E-state index in [9.17, 15) is 9.59 Å². The van der Waals surface area contributed by atoms with Crippen molar-refractivity contribution in [1.82, 2.24) is 19.9 Å². The Morgan fingerprint density at radius 1 is 0.967 bits per heavy atom. The lowest BCUT2D eigenvalue weighted by atomic mass is 10.2. The van der Waals surface area contributed by atoms with E-state index in [-0.39, 0.29) is 24.7 Å². The number of rotatable bonds is 6. The van der Waals surface area contributed by atoms with Gasteiger partial charge in [0.2, 0.25) is 11.8 Å². The van der Waals surface area contributed by atoms with Crippen LogP contribution in [0.2, 0.25) is 0 Å². The van der Waals surface area contributed by atoms with Gasteiger partial charge in [0.15, 0.2) is 11.0 Å². The molecule has 0 radical (unpaired) electrons. The van der Waals surface area contributed by atoms with Crippen LogP contribution >= 0.6 is 11.3 Å². The number of anilines is 2. The Bertz CT molecular complexity index is 988. The maximum atomic E-state index is 12.5. The predicted molar refractivity (Wildman–Crippen MR) is 116 cm³/mol. The first-order chi connectivity index (χ1) is 14.7. The molecule has 0 bridgehead atoms. The van der Waals surface area contributed by atoms with Gasteiger partial charge in [-0.05, 0) is 6.07 Å². The van der Waals surface area contributed by atoms with Crippen molar-refractivity contribution in [2.45, 2.75) is 12.8 Å². The highest BCUT2D eigenvalue weighted by molar-refractivity contribution is 7.13. The van der Waals surface area contributed by atoms with Gasteiger partial charge < -0.3 is 15.1 Å². The van der Waals surface area contributed by atoms with Gasteiger partial charge in [-0.2, -0.15) is 0 Å². The zero-order valence-electron chi connectivity index (χ0n) is 16.4. The minimum absolute atomic E-state index is 0.00315. The summed E-state index contributed by atoms with van der Waals surface area (Å²) in [6, 6.07) is 11.8. The Morgan fingerprint density at radius 3 is 2.50 bits per heavy atom. The number of thiazole rings is 1. The van der Waals surface area contributed by atoms with Gasteiger partial charge in [-0.1, -0.05) is 30.3 Å². The van der Waals surface area contributed by atoms with Gasteiger partial charge in [0.05, 0.1) is 0 Å². The largest absolute Gasteiger partial charge is 0.353 e. The van der Waals surface area contributed by atoms with E-state index < -0.39 is 0 Å². The summed E-state index contributed by atoms with van der Waals surface area (Å²) in [5, 5.41) is 5.05. The summed E-state index contributed by atoms with van der Waals surface area (Å²) in [6.45, 7) is 2.61. The first kappa shape index (κ1) is 20.0. The van der Waals surface area contributed by atoms with Gasteiger partial charge in [-0.25, -0.2) is 15.0 Å². The van der Waals surface area contributed by atoms with Gasteiger partial charge in [0.1, 0.15) is 5.82 Å². The number of aromatic nitrogens is 3. The average molecular weight is 423 g/mol. The molecule has 1 aliphatic rings. The first-order valence-corrected chi connectivity index (χ1v) is 10.7. The van der Waals surface area contributed by atoms with Crippen LogP contribution in [0.5, 0.6) is 0 Å². The second-order valence-corrected chi connectivity index (χ2v) is 7.75. The summed E-state index contributed by atoms with van der Waals surface area (Å²) >= 11 is 1.36. The van der Waals surface area contributed by atoms with E-state index in [0.717, 1.165) is 11.4 Å². The molecule has 1 aliphatic heterocycles. The number of nitrogens with zero attached hydrogens (tertiary/aromatic N) is 5. The molecular formula is C21H22N6O2S. The smallest absolute Gasteiger partial charge is 0.226 e. The van der Waals surface area contributed by atoms with Crippen molar-refractivity contribution < 1.29 is 9.59 Å². The number of benzene rings is 1. The number of piperazine rings is 1. The van der Waals surface area contributed by atoms with Gasteiger partial charge in [0, 0.05) is 62.4 Å². The number of hydrogen-bond donors (Lipinski definition) is 1. The molecule has 0 aliphatic carbocycles. The van der Waals surface area contributed by atoms with E-state index in [0.29, 0.717) is 37.1 Å². The molecule has 1 fully saturated rings. The lowest BCUT2D eigenvalue weighted by Gasteiger charge is -2.35. The second-order valence-electron chi connectivity index (χ2n) is 6.86. The van der Waals surface area contributed by atoms with Gasteiger partial charge in [0.25, 0.3) is 0 Å². The number of carbonyl (C=O) groups is 2. The molecule has 154 valence electrons. The molecule has 0 atom stereocenters. The average Bonchev–Trinajstić information content (AvgIpc) is 3.31. The standard InChI is InChI=1S/C21H22N6O2S/c28-18(25-21-23-10-15-30-21)6-7-19(29)27-13-11-26(12-14-27)17-8-9-22-20(24-17)16-4-2-1-3-5-16/h1-5,8-10,15H,6-7,11-14H2,(H,23,25,28). The van der Waals surface area contributed by atoms with Crippen LogP contribution in [0.4, 0.5) is 10.9 Å². The molecule has 9 heteroatoms. The maximum absolute atomic E-state index is 12.5. The summed E-state index contributed by atoms with van der Waals surface area (Å²) in [5.74, 6) is 1.36. The van der Waals surface area contributed by atoms with Crippen molar-refractivity contribution in [3.8, 4) is 11.4 Å². The van der Waals surface area contributed by atoms with E-state index in [1.807, 2.05) is 41.3 Å². The Kier molecular flexibility index (Phi) is 6.29. The van der Waals surface area contributed by atoms with E-state index in [4.69, 9.17) is 0 Å². The van der Waals surface area contributed by atoms with Crippen molar-refractivity contribution in [3.63, 3.8) is 0 Å². The molecule has 0 spiro atoms. The van der Waals surface area contributed by atoms with E-state index in [1.165, 1.54) is 11.3 Å². The third-order valence-electron chi connectivity index (χ3n) is 4.87. The van der Waals surface area contributed by atoms with Crippen LogP contribution in [0.1, 0.15) is 12.8 Å². The van der Waals surface area contributed by atoms with E-state index >= 15 is 0 Å². The Balaban J connectivity index is 1.27. The van der Waals surface area contributed by atoms with Crippen molar-refractivity contribution in [3.05, 3.63) is 54.2 Å². The molecule has 3 aromatic rings. The predicted octanol–water partition coefficient (Wildman–Crippen LogP) is 2.67. The summed E-state index contributed by atoms with van der Waals surface area (Å²) in [6.07, 6.45) is 3.75. The minimum Gasteiger partial charge on any atom is -0.353 e. The van der Waals surface area contributed by atoms with Crippen LogP contribution < -0.4 is 10.2 Å². The van der Waals surface area contributed by atoms with E-state index in [2.05, 4.69) is 25.2 Å². The monoisotopic (exact) mass is 422 g/mol.